The minimum Gasteiger partial charge on any atom is -0.486 e. The quantitative estimate of drug-likeness (QED) is 0.511. The number of benzene rings is 2. The second kappa shape index (κ2) is 7.20. The molecule has 2 aromatic heterocycles. The average Bonchev–Trinajstić information content (AvgIpc) is 3.08. The minimum absolute atomic E-state index is 0.316. The third kappa shape index (κ3) is 3.83. The SMILES string of the molecule is Cc1cc2oc(=O)cc(C)c2cc1OCc1nnc(Nc2ccccc2)s1. The van der Waals surface area contributed by atoms with Crippen molar-refractivity contribution in [3.63, 3.8) is 0 Å². The van der Waals surface area contributed by atoms with Crippen molar-refractivity contribution >= 4 is 33.1 Å². The maximum atomic E-state index is 11.5. The normalized spacial score (nSPS) is 10.9. The molecular formula is C20H17N3O3S. The van der Waals surface area contributed by atoms with Crippen LogP contribution >= 0.6 is 11.3 Å². The Morgan fingerprint density at radius 2 is 1.89 bits per heavy atom. The molecule has 27 heavy (non-hydrogen) atoms. The van der Waals surface area contributed by atoms with E-state index in [0.717, 1.165) is 33.0 Å². The van der Waals surface area contributed by atoms with Crippen molar-refractivity contribution in [2.75, 3.05) is 5.32 Å². The van der Waals surface area contributed by atoms with Gasteiger partial charge < -0.3 is 14.5 Å². The van der Waals surface area contributed by atoms with Crippen LogP contribution < -0.4 is 15.7 Å². The number of nitrogens with zero attached hydrogens (tertiary/aromatic N) is 2. The number of hydrogen-bond donors (Lipinski definition) is 1. The molecule has 0 fully saturated rings. The number of rotatable bonds is 5. The molecule has 6 nitrogen and oxygen atoms in total. The lowest BCUT2D eigenvalue weighted by Gasteiger charge is -2.09. The zero-order valence-corrected chi connectivity index (χ0v) is 15.7. The Balaban J connectivity index is 1.50. The molecule has 1 N–H and O–H groups in total. The van der Waals surface area contributed by atoms with Gasteiger partial charge in [-0.2, -0.15) is 0 Å². The van der Waals surface area contributed by atoms with E-state index in [9.17, 15) is 4.79 Å². The van der Waals surface area contributed by atoms with E-state index in [1.54, 1.807) is 0 Å². The van der Waals surface area contributed by atoms with Crippen LogP contribution in [0.5, 0.6) is 5.75 Å². The van der Waals surface area contributed by atoms with E-state index < -0.39 is 0 Å². The number of hydrogen-bond acceptors (Lipinski definition) is 7. The van der Waals surface area contributed by atoms with E-state index in [1.807, 2.05) is 56.3 Å². The van der Waals surface area contributed by atoms with Gasteiger partial charge in [-0.25, -0.2) is 4.79 Å². The van der Waals surface area contributed by atoms with E-state index in [-0.39, 0.29) is 5.63 Å². The fourth-order valence-corrected chi connectivity index (χ4v) is 3.42. The monoisotopic (exact) mass is 379 g/mol. The molecule has 0 aliphatic rings. The van der Waals surface area contributed by atoms with Crippen LogP contribution in [-0.4, -0.2) is 10.2 Å². The van der Waals surface area contributed by atoms with Gasteiger partial charge in [-0.05, 0) is 49.2 Å². The maximum absolute atomic E-state index is 11.5. The van der Waals surface area contributed by atoms with Crippen molar-refractivity contribution in [1.29, 1.82) is 0 Å². The van der Waals surface area contributed by atoms with Crippen LogP contribution in [0.4, 0.5) is 10.8 Å². The molecular weight excluding hydrogens is 362 g/mol. The summed E-state index contributed by atoms with van der Waals surface area (Å²) in [7, 11) is 0. The molecule has 2 aromatic carbocycles. The standard InChI is InChI=1S/C20H17N3O3S/c1-12-9-19(24)26-17-8-13(2)16(10-15(12)17)25-11-18-22-23-20(27-18)21-14-6-4-3-5-7-14/h3-10H,11H2,1-2H3,(H,21,23). The Morgan fingerprint density at radius 3 is 2.70 bits per heavy atom. The summed E-state index contributed by atoms with van der Waals surface area (Å²) in [5.41, 5.74) is 2.93. The summed E-state index contributed by atoms with van der Waals surface area (Å²) in [5, 5.41) is 13.9. The fraction of sp³-hybridized carbons (Fsp3) is 0.150. The lowest BCUT2D eigenvalue weighted by Crippen LogP contribution is -2.00. The second-order valence-electron chi connectivity index (χ2n) is 6.14. The van der Waals surface area contributed by atoms with Gasteiger partial charge in [0, 0.05) is 17.1 Å². The van der Waals surface area contributed by atoms with E-state index in [2.05, 4.69) is 15.5 Å². The summed E-state index contributed by atoms with van der Waals surface area (Å²) in [4.78, 5) is 11.5. The summed E-state index contributed by atoms with van der Waals surface area (Å²) in [5.74, 6) is 0.729. The highest BCUT2D eigenvalue weighted by atomic mass is 32.1. The van der Waals surface area contributed by atoms with Crippen LogP contribution in [0, 0.1) is 13.8 Å². The molecule has 0 aliphatic carbocycles. The molecule has 4 rings (SSSR count). The predicted octanol–water partition coefficient (Wildman–Crippen LogP) is 4.58. The lowest BCUT2D eigenvalue weighted by molar-refractivity contribution is 0.302. The highest BCUT2D eigenvalue weighted by molar-refractivity contribution is 7.15. The molecule has 2 heterocycles. The first-order valence-electron chi connectivity index (χ1n) is 8.41. The third-order valence-corrected chi connectivity index (χ3v) is 4.90. The van der Waals surface area contributed by atoms with Crippen molar-refractivity contribution in [3.8, 4) is 5.75 Å². The van der Waals surface area contributed by atoms with Gasteiger partial charge in [-0.1, -0.05) is 29.5 Å². The Morgan fingerprint density at radius 1 is 1.07 bits per heavy atom. The first-order valence-corrected chi connectivity index (χ1v) is 9.22. The van der Waals surface area contributed by atoms with Crippen LogP contribution in [0.2, 0.25) is 0 Å². The van der Waals surface area contributed by atoms with Crippen molar-refractivity contribution in [2.45, 2.75) is 20.5 Å². The van der Waals surface area contributed by atoms with Gasteiger partial charge >= 0.3 is 5.63 Å². The summed E-state index contributed by atoms with van der Waals surface area (Å²) in [6.07, 6.45) is 0. The topological polar surface area (TPSA) is 77.2 Å². The van der Waals surface area contributed by atoms with Gasteiger partial charge in [0.05, 0.1) is 0 Å². The van der Waals surface area contributed by atoms with Crippen LogP contribution in [0.1, 0.15) is 16.1 Å². The predicted molar refractivity (Wildman–Crippen MR) is 106 cm³/mol. The van der Waals surface area contributed by atoms with Crippen LogP contribution in [0.25, 0.3) is 11.0 Å². The van der Waals surface area contributed by atoms with Crippen LogP contribution in [0.3, 0.4) is 0 Å². The van der Waals surface area contributed by atoms with E-state index in [0.29, 0.717) is 17.3 Å². The first-order chi connectivity index (χ1) is 13.1. The third-order valence-electron chi connectivity index (χ3n) is 4.09. The molecule has 0 atom stereocenters. The van der Waals surface area contributed by atoms with Gasteiger partial charge in [-0.15, -0.1) is 10.2 Å². The molecule has 0 unspecified atom stereocenters. The van der Waals surface area contributed by atoms with Gasteiger partial charge in [0.15, 0.2) is 5.01 Å². The zero-order valence-electron chi connectivity index (χ0n) is 14.9. The Bertz CT molecular complexity index is 1150. The summed E-state index contributed by atoms with van der Waals surface area (Å²) in [6.45, 7) is 4.11. The largest absolute Gasteiger partial charge is 0.486 e. The molecule has 7 heteroatoms. The zero-order chi connectivity index (χ0) is 18.8. The minimum atomic E-state index is -0.347. The molecule has 0 aliphatic heterocycles. The number of fused-ring (bicyclic) bond motifs is 1. The molecule has 4 aromatic rings. The highest BCUT2D eigenvalue weighted by Gasteiger charge is 2.10. The first kappa shape index (κ1) is 17.2. The average molecular weight is 379 g/mol. The van der Waals surface area contributed by atoms with Crippen LogP contribution in [0.15, 0.2) is 57.7 Å². The molecule has 0 radical (unpaired) electrons. The van der Waals surface area contributed by atoms with Gasteiger partial charge in [0.2, 0.25) is 5.13 Å². The van der Waals surface area contributed by atoms with Crippen LogP contribution in [-0.2, 0) is 6.61 Å². The second-order valence-corrected chi connectivity index (χ2v) is 7.21. The number of anilines is 2. The molecule has 136 valence electrons. The van der Waals surface area contributed by atoms with E-state index in [1.165, 1.54) is 17.4 Å². The Kier molecular flexibility index (Phi) is 4.60. The number of nitrogens with one attached hydrogen (secondary N) is 1. The molecule has 0 bridgehead atoms. The molecule has 0 saturated heterocycles. The number of para-hydroxylation sites is 1. The summed E-state index contributed by atoms with van der Waals surface area (Å²) in [6, 6.07) is 15.0. The lowest BCUT2D eigenvalue weighted by atomic mass is 10.1. The number of aryl methyl sites for hydroxylation is 2. The summed E-state index contributed by atoms with van der Waals surface area (Å²) >= 11 is 1.44. The smallest absolute Gasteiger partial charge is 0.336 e. The van der Waals surface area contributed by atoms with Gasteiger partial charge in [0.25, 0.3) is 0 Å². The van der Waals surface area contributed by atoms with E-state index in [4.69, 9.17) is 9.15 Å². The molecule has 0 spiro atoms. The highest BCUT2D eigenvalue weighted by Crippen LogP contribution is 2.28. The van der Waals surface area contributed by atoms with Gasteiger partial charge in [-0.3, -0.25) is 0 Å². The van der Waals surface area contributed by atoms with Gasteiger partial charge in [0.1, 0.15) is 17.9 Å². The van der Waals surface area contributed by atoms with Crippen molar-refractivity contribution < 1.29 is 9.15 Å². The number of ether oxygens (including phenoxy) is 1. The molecule has 0 saturated carbocycles. The Labute approximate surface area is 159 Å². The van der Waals surface area contributed by atoms with Crippen molar-refractivity contribution in [2.24, 2.45) is 0 Å². The number of aromatic nitrogens is 2. The van der Waals surface area contributed by atoms with Crippen molar-refractivity contribution in [3.05, 3.63) is 75.1 Å². The Hall–Kier alpha value is -3.19. The molecule has 0 amide bonds. The maximum Gasteiger partial charge on any atom is 0.336 e. The fourth-order valence-electron chi connectivity index (χ4n) is 2.75. The summed E-state index contributed by atoms with van der Waals surface area (Å²) < 4.78 is 11.2. The van der Waals surface area contributed by atoms with Crippen molar-refractivity contribution in [1.82, 2.24) is 10.2 Å². The van der Waals surface area contributed by atoms with E-state index >= 15 is 0 Å².